The van der Waals surface area contributed by atoms with Crippen LogP contribution >= 0.6 is 0 Å². The van der Waals surface area contributed by atoms with Crippen molar-refractivity contribution in [3.8, 4) is 0 Å². The molecule has 23 heavy (non-hydrogen) atoms. The van der Waals surface area contributed by atoms with Crippen LogP contribution in [0.3, 0.4) is 0 Å². The van der Waals surface area contributed by atoms with Crippen LogP contribution in [0.15, 0.2) is 41.6 Å². The number of H-pyrrole nitrogens is 1. The average molecular weight is 306 g/mol. The van der Waals surface area contributed by atoms with Crippen molar-refractivity contribution in [2.75, 3.05) is 13.1 Å². The fourth-order valence-corrected chi connectivity index (χ4v) is 4.17. The predicted octanol–water partition coefficient (Wildman–Crippen LogP) is 3.01. The van der Waals surface area contributed by atoms with Crippen molar-refractivity contribution >= 4 is 22.4 Å². The van der Waals surface area contributed by atoms with Crippen LogP contribution in [0, 0.1) is 0 Å². The second-order valence-corrected chi connectivity index (χ2v) is 6.48. The molecule has 1 aromatic heterocycles. The van der Waals surface area contributed by atoms with E-state index in [9.17, 15) is 4.79 Å². The second kappa shape index (κ2) is 4.51. The molecule has 1 N–H and O–H groups in total. The van der Waals surface area contributed by atoms with Crippen molar-refractivity contribution < 1.29 is 9.53 Å². The summed E-state index contributed by atoms with van der Waals surface area (Å²) in [5.74, 6) is -0.203. The molecule has 0 bridgehead atoms. The Morgan fingerprint density at radius 2 is 2.13 bits per heavy atom. The van der Waals surface area contributed by atoms with Gasteiger partial charge >= 0.3 is 5.97 Å². The Morgan fingerprint density at radius 1 is 1.26 bits per heavy atom. The van der Waals surface area contributed by atoms with Crippen LogP contribution in [0.5, 0.6) is 0 Å². The molecule has 0 fully saturated rings. The third-order valence-electron chi connectivity index (χ3n) is 5.21. The van der Waals surface area contributed by atoms with E-state index in [-0.39, 0.29) is 12.1 Å². The SMILES string of the molecule is CC1OC(=O)C2=C3C1=CCCN3CCc1c2[nH]c2ccccc12. The molecule has 0 saturated heterocycles. The zero-order valence-corrected chi connectivity index (χ0v) is 13.1. The standard InChI is InChI=1S/C19H18N2O2/c1-11-12-6-4-9-21-10-8-14-13-5-2-3-7-15(13)20-17(14)16(18(12)21)19(22)23-11/h2-3,5-7,11,20H,4,8-10H2,1H3. The Kier molecular flexibility index (Phi) is 2.55. The third-order valence-corrected chi connectivity index (χ3v) is 5.21. The lowest BCUT2D eigenvalue weighted by molar-refractivity contribution is -0.140. The monoisotopic (exact) mass is 306 g/mol. The maximum atomic E-state index is 12.7. The first-order valence-corrected chi connectivity index (χ1v) is 8.24. The first-order valence-electron chi connectivity index (χ1n) is 8.24. The van der Waals surface area contributed by atoms with E-state index in [1.807, 2.05) is 13.0 Å². The smallest absolute Gasteiger partial charge is 0.343 e. The highest BCUT2D eigenvalue weighted by Gasteiger charge is 2.39. The highest BCUT2D eigenvalue weighted by molar-refractivity contribution is 6.20. The number of carbonyl (C=O) groups excluding carboxylic acids is 1. The number of hydrogen-bond acceptors (Lipinski definition) is 3. The van der Waals surface area contributed by atoms with Crippen LogP contribution < -0.4 is 0 Å². The van der Waals surface area contributed by atoms with Crippen LogP contribution in [-0.4, -0.2) is 35.0 Å². The predicted molar refractivity (Wildman–Crippen MR) is 88.7 cm³/mol. The third kappa shape index (κ3) is 1.69. The van der Waals surface area contributed by atoms with Gasteiger partial charge in [-0.05, 0) is 31.4 Å². The molecule has 4 heteroatoms. The lowest BCUT2D eigenvalue weighted by atomic mass is 9.92. The number of rotatable bonds is 0. The minimum atomic E-state index is -0.203. The molecular formula is C19H18N2O2. The van der Waals surface area contributed by atoms with E-state index in [2.05, 4.69) is 34.2 Å². The van der Waals surface area contributed by atoms with Crippen molar-refractivity contribution in [2.45, 2.75) is 25.9 Å². The molecule has 5 rings (SSSR count). The first-order chi connectivity index (χ1) is 11.2. The van der Waals surface area contributed by atoms with Gasteiger partial charge in [0.25, 0.3) is 0 Å². The van der Waals surface area contributed by atoms with Gasteiger partial charge in [-0.25, -0.2) is 4.79 Å². The second-order valence-electron chi connectivity index (χ2n) is 6.48. The molecule has 3 aliphatic heterocycles. The van der Waals surface area contributed by atoms with Crippen molar-refractivity contribution in [1.29, 1.82) is 0 Å². The average Bonchev–Trinajstić information content (AvgIpc) is 2.83. The van der Waals surface area contributed by atoms with E-state index in [1.165, 1.54) is 10.9 Å². The first kappa shape index (κ1) is 13.0. The number of carbonyl (C=O) groups is 1. The number of esters is 1. The van der Waals surface area contributed by atoms with Gasteiger partial charge < -0.3 is 14.6 Å². The number of fused-ring (bicyclic) bond motifs is 4. The summed E-state index contributed by atoms with van der Waals surface area (Å²) in [4.78, 5) is 18.6. The topological polar surface area (TPSA) is 45.3 Å². The van der Waals surface area contributed by atoms with Gasteiger partial charge in [0.05, 0.1) is 11.4 Å². The van der Waals surface area contributed by atoms with Gasteiger partial charge in [0.15, 0.2) is 0 Å². The Morgan fingerprint density at radius 3 is 3.04 bits per heavy atom. The summed E-state index contributed by atoms with van der Waals surface area (Å²) in [6, 6.07) is 8.28. The van der Waals surface area contributed by atoms with Gasteiger partial charge in [-0.2, -0.15) is 0 Å². The minimum absolute atomic E-state index is 0.157. The number of cyclic esters (lactones) is 1. The number of aromatic nitrogens is 1. The molecule has 4 heterocycles. The number of para-hydroxylation sites is 1. The van der Waals surface area contributed by atoms with Gasteiger partial charge in [-0.3, -0.25) is 0 Å². The van der Waals surface area contributed by atoms with E-state index in [0.717, 1.165) is 54.0 Å². The summed E-state index contributed by atoms with van der Waals surface area (Å²) in [6.07, 6.45) is 4.04. The van der Waals surface area contributed by atoms with E-state index >= 15 is 0 Å². The molecule has 0 saturated carbocycles. The van der Waals surface area contributed by atoms with Gasteiger partial charge in [-0.1, -0.05) is 24.3 Å². The maximum Gasteiger partial charge on any atom is 0.343 e. The number of ether oxygens (including phenoxy) is 1. The normalized spacial score (nSPS) is 23.2. The van der Waals surface area contributed by atoms with Gasteiger partial charge in [0, 0.05) is 29.6 Å². The van der Waals surface area contributed by atoms with E-state index < -0.39 is 0 Å². The van der Waals surface area contributed by atoms with E-state index in [4.69, 9.17) is 4.74 Å². The molecule has 116 valence electrons. The quantitative estimate of drug-likeness (QED) is 0.761. The summed E-state index contributed by atoms with van der Waals surface area (Å²) in [5, 5.41) is 1.22. The largest absolute Gasteiger partial charge is 0.454 e. The summed E-state index contributed by atoms with van der Waals surface area (Å²) in [6.45, 7) is 3.89. The molecule has 1 atom stereocenters. The number of nitrogens with zero attached hydrogens (tertiary/aromatic N) is 1. The maximum absolute atomic E-state index is 12.7. The van der Waals surface area contributed by atoms with Crippen molar-refractivity contribution in [3.63, 3.8) is 0 Å². The molecule has 1 unspecified atom stereocenters. The number of aromatic amines is 1. The fourth-order valence-electron chi connectivity index (χ4n) is 4.17. The lowest BCUT2D eigenvalue weighted by Gasteiger charge is -2.37. The summed E-state index contributed by atoms with van der Waals surface area (Å²) in [7, 11) is 0. The Hall–Kier alpha value is -2.49. The molecule has 0 amide bonds. The highest BCUT2D eigenvalue weighted by Crippen LogP contribution is 2.42. The van der Waals surface area contributed by atoms with E-state index in [0.29, 0.717) is 0 Å². The van der Waals surface area contributed by atoms with Crippen molar-refractivity contribution in [1.82, 2.24) is 9.88 Å². The van der Waals surface area contributed by atoms with E-state index in [1.54, 1.807) is 0 Å². The molecule has 0 aliphatic carbocycles. The number of nitrogens with one attached hydrogen (secondary N) is 1. The van der Waals surface area contributed by atoms with Gasteiger partial charge in [-0.15, -0.1) is 0 Å². The number of benzene rings is 1. The molecule has 3 aliphatic rings. The molecule has 4 nitrogen and oxygen atoms in total. The molecule has 0 spiro atoms. The Labute approximate surface area is 134 Å². The van der Waals surface area contributed by atoms with Crippen molar-refractivity contribution in [2.24, 2.45) is 0 Å². The molecule has 2 aromatic rings. The van der Waals surface area contributed by atoms with Crippen LogP contribution in [0.4, 0.5) is 0 Å². The van der Waals surface area contributed by atoms with Crippen LogP contribution in [0.25, 0.3) is 16.5 Å². The summed E-state index contributed by atoms with van der Waals surface area (Å²) < 4.78 is 5.64. The van der Waals surface area contributed by atoms with Crippen LogP contribution in [-0.2, 0) is 16.0 Å². The molecule has 1 aromatic carbocycles. The Balaban J connectivity index is 1.85. The van der Waals surface area contributed by atoms with Gasteiger partial charge in [0.2, 0.25) is 0 Å². The summed E-state index contributed by atoms with van der Waals surface area (Å²) >= 11 is 0. The van der Waals surface area contributed by atoms with Gasteiger partial charge in [0.1, 0.15) is 11.7 Å². The Bertz CT molecular complexity index is 903. The fraction of sp³-hybridized carbons (Fsp3) is 0.316. The zero-order chi connectivity index (χ0) is 15.6. The minimum Gasteiger partial charge on any atom is -0.454 e. The highest BCUT2D eigenvalue weighted by atomic mass is 16.5. The van der Waals surface area contributed by atoms with Crippen LogP contribution in [0.2, 0.25) is 0 Å². The summed E-state index contributed by atoms with van der Waals surface area (Å²) in [5.41, 5.74) is 6.25. The number of hydrogen-bond donors (Lipinski definition) is 1. The molecular weight excluding hydrogens is 288 g/mol. The van der Waals surface area contributed by atoms with Crippen molar-refractivity contribution in [3.05, 3.63) is 52.9 Å². The van der Waals surface area contributed by atoms with Crippen LogP contribution in [0.1, 0.15) is 24.6 Å². The molecule has 0 radical (unpaired) electrons. The zero-order valence-electron chi connectivity index (χ0n) is 13.1. The lowest BCUT2D eigenvalue weighted by Crippen LogP contribution is -2.37.